The van der Waals surface area contributed by atoms with Gasteiger partial charge in [0.2, 0.25) is 5.95 Å². The molecule has 0 N–H and O–H groups in total. The molecule has 0 unspecified atom stereocenters. The summed E-state index contributed by atoms with van der Waals surface area (Å²) in [5.74, 6) is -0.113. The van der Waals surface area contributed by atoms with Crippen molar-refractivity contribution >= 4 is 17.5 Å². The van der Waals surface area contributed by atoms with Crippen LogP contribution in [-0.2, 0) is 0 Å². The number of carbonyl (C=O) groups excluding carboxylic acids is 1. The van der Waals surface area contributed by atoms with E-state index >= 15 is 0 Å². The molecule has 0 fully saturated rings. The van der Waals surface area contributed by atoms with E-state index in [9.17, 15) is 14.9 Å². The second-order valence-electron chi connectivity index (χ2n) is 8.04. The summed E-state index contributed by atoms with van der Waals surface area (Å²) < 4.78 is 1.73. The molecule has 164 valence electrons. The maximum atomic E-state index is 13.8. The van der Waals surface area contributed by atoms with Gasteiger partial charge < -0.3 is 0 Å². The van der Waals surface area contributed by atoms with Crippen LogP contribution in [0, 0.1) is 17.0 Å². The minimum absolute atomic E-state index is 0.0207. The lowest BCUT2D eigenvalue weighted by Gasteiger charge is -2.39. The molecule has 1 aromatic heterocycles. The van der Waals surface area contributed by atoms with Crippen LogP contribution in [0.4, 0.5) is 11.6 Å². The second kappa shape index (κ2) is 8.31. The van der Waals surface area contributed by atoms with Gasteiger partial charge in [0.1, 0.15) is 11.9 Å². The molecule has 33 heavy (non-hydrogen) atoms. The van der Waals surface area contributed by atoms with E-state index < -0.39 is 10.8 Å². The summed E-state index contributed by atoms with van der Waals surface area (Å²) >= 11 is 0. The first-order valence-corrected chi connectivity index (χ1v) is 10.6. The van der Waals surface area contributed by atoms with E-state index in [0.717, 1.165) is 16.7 Å². The average molecular weight is 439 g/mol. The molecule has 1 aliphatic heterocycles. The van der Waals surface area contributed by atoms with Crippen LogP contribution in [0.1, 0.15) is 45.6 Å². The third-order valence-corrected chi connectivity index (χ3v) is 6.02. The van der Waals surface area contributed by atoms with Crippen molar-refractivity contribution in [2.45, 2.75) is 25.4 Å². The number of nitro groups is 1. The number of fused-ring (bicyclic) bond motifs is 1. The topological polar surface area (TPSA) is 94.2 Å². The number of nitro benzene ring substituents is 1. The van der Waals surface area contributed by atoms with Crippen LogP contribution in [-0.4, -0.2) is 25.6 Å². The number of rotatable bonds is 4. The maximum Gasteiger partial charge on any atom is 0.282 e. The fourth-order valence-electron chi connectivity index (χ4n) is 4.39. The fourth-order valence-corrected chi connectivity index (χ4v) is 4.39. The number of nitrogens with zero attached hydrogens (tertiary/aromatic N) is 5. The smallest absolute Gasteiger partial charge is 0.269 e. The van der Waals surface area contributed by atoms with Crippen molar-refractivity contribution in [3.63, 3.8) is 0 Å². The van der Waals surface area contributed by atoms with Crippen LogP contribution in [0.2, 0.25) is 0 Å². The zero-order valence-electron chi connectivity index (χ0n) is 17.9. The molecule has 0 spiro atoms. The summed E-state index contributed by atoms with van der Waals surface area (Å²) in [7, 11) is 0. The number of aryl methyl sites for hydroxylation is 1. The third kappa shape index (κ3) is 3.65. The molecule has 0 aliphatic carbocycles. The summed E-state index contributed by atoms with van der Waals surface area (Å²) in [6.45, 7) is 2.00. The highest BCUT2D eigenvalue weighted by molar-refractivity contribution is 6.08. The number of hydrogen-bond donors (Lipinski definition) is 0. The Balaban J connectivity index is 1.67. The Bertz CT molecular complexity index is 1320. The van der Waals surface area contributed by atoms with Gasteiger partial charge in [-0.05, 0) is 30.5 Å². The number of amides is 1. The second-order valence-corrected chi connectivity index (χ2v) is 8.04. The molecule has 0 saturated heterocycles. The number of aromatic nitrogens is 3. The Morgan fingerprint density at radius 1 is 0.939 bits per heavy atom. The fraction of sp³-hybridized carbons (Fsp3) is 0.160. The Hall–Kier alpha value is -4.33. The average Bonchev–Trinajstić information content (AvgIpc) is 3.33. The van der Waals surface area contributed by atoms with E-state index in [1.165, 1.54) is 18.5 Å². The highest BCUT2D eigenvalue weighted by Gasteiger charge is 2.41. The Morgan fingerprint density at radius 2 is 1.61 bits per heavy atom. The zero-order valence-corrected chi connectivity index (χ0v) is 17.9. The van der Waals surface area contributed by atoms with Crippen molar-refractivity contribution in [1.29, 1.82) is 0 Å². The number of hydrogen-bond acceptors (Lipinski definition) is 5. The lowest BCUT2D eigenvalue weighted by atomic mass is 9.91. The highest BCUT2D eigenvalue weighted by Crippen LogP contribution is 2.43. The standard InChI is InChI=1S/C25H21N5O3/c1-17-11-13-19(14-12-17)22-15-23(18-7-3-2-4-8-18)29-25(26-16-27-29)28(22)24(31)20-9-5-6-10-21(20)30(32)33/h2-14,16,22-23H,15H2,1H3/t22-,23+/m0/s1. The van der Waals surface area contributed by atoms with Gasteiger partial charge in [-0.2, -0.15) is 10.1 Å². The van der Waals surface area contributed by atoms with Gasteiger partial charge in [-0.3, -0.25) is 19.8 Å². The molecule has 3 aromatic carbocycles. The van der Waals surface area contributed by atoms with Crippen LogP contribution >= 0.6 is 0 Å². The molecule has 5 rings (SSSR count). The largest absolute Gasteiger partial charge is 0.282 e. The van der Waals surface area contributed by atoms with Gasteiger partial charge in [-0.15, -0.1) is 0 Å². The normalized spacial score (nSPS) is 17.4. The van der Waals surface area contributed by atoms with Crippen LogP contribution < -0.4 is 4.90 Å². The number of para-hydroxylation sites is 1. The first-order valence-electron chi connectivity index (χ1n) is 10.6. The molecule has 0 radical (unpaired) electrons. The Kier molecular flexibility index (Phi) is 5.18. The zero-order chi connectivity index (χ0) is 22.9. The summed E-state index contributed by atoms with van der Waals surface area (Å²) in [4.78, 5) is 30.9. The molecule has 1 amide bonds. The van der Waals surface area contributed by atoms with E-state index in [4.69, 9.17) is 0 Å². The molecule has 0 bridgehead atoms. The summed E-state index contributed by atoms with van der Waals surface area (Å²) in [6, 6.07) is 23.4. The predicted molar refractivity (Wildman–Crippen MR) is 123 cm³/mol. The molecule has 8 nitrogen and oxygen atoms in total. The summed E-state index contributed by atoms with van der Waals surface area (Å²) in [6.07, 6.45) is 1.97. The van der Waals surface area contributed by atoms with Crippen LogP contribution in [0.25, 0.3) is 0 Å². The monoisotopic (exact) mass is 439 g/mol. The number of benzene rings is 3. The van der Waals surface area contributed by atoms with Gasteiger partial charge in [0.25, 0.3) is 11.6 Å². The van der Waals surface area contributed by atoms with E-state index in [-0.39, 0.29) is 23.3 Å². The lowest BCUT2D eigenvalue weighted by molar-refractivity contribution is -0.385. The minimum atomic E-state index is -0.532. The Morgan fingerprint density at radius 3 is 2.33 bits per heavy atom. The molecule has 2 atom stereocenters. The summed E-state index contributed by atoms with van der Waals surface area (Å²) in [5.41, 5.74) is 2.88. The molecule has 0 saturated carbocycles. The van der Waals surface area contributed by atoms with Crippen molar-refractivity contribution in [2.75, 3.05) is 4.90 Å². The van der Waals surface area contributed by atoms with Gasteiger partial charge in [0, 0.05) is 6.07 Å². The van der Waals surface area contributed by atoms with Crippen molar-refractivity contribution < 1.29 is 9.72 Å². The van der Waals surface area contributed by atoms with Crippen molar-refractivity contribution in [2.24, 2.45) is 0 Å². The van der Waals surface area contributed by atoms with Gasteiger partial charge in [-0.1, -0.05) is 72.3 Å². The highest BCUT2D eigenvalue weighted by atomic mass is 16.6. The van der Waals surface area contributed by atoms with Crippen molar-refractivity contribution in [1.82, 2.24) is 14.8 Å². The SMILES string of the molecule is Cc1ccc([C@@H]2C[C@H](c3ccccc3)n3ncnc3N2C(=O)c2ccccc2[N+](=O)[O-])cc1. The van der Waals surface area contributed by atoms with Crippen molar-refractivity contribution in [3.8, 4) is 0 Å². The Labute approximate surface area is 190 Å². The van der Waals surface area contributed by atoms with E-state index in [2.05, 4.69) is 10.1 Å². The minimum Gasteiger partial charge on any atom is -0.269 e. The predicted octanol–water partition coefficient (Wildman–Crippen LogP) is 4.88. The van der Waals surface area contributed by atoms with Crippen LogP contribution in [0.5, 0.6) is 0 Å². The van der Waals surface area contributed by atoms with E-state index in [1.807, 2.05) is 61.5 Å². The molecular formula is C25H21N5O3. The third-order valence-electron chi connectivity index (χ3n) is 6.02. The first kappa shape index (κ1) is 20.6. The lowest BCUT2D eigenvalue weighted by Crippen LogP contribution is -2.42. The number of carbonyl (C=O) groups is 1. The van der Waals surface area contributed by atoms with E-state index in [0.29, 0.717) is 12.4 Å². The first-order chi connectivity index (χ1) is 16.0. The maximum absolute atomic E-state index is 13.8. The van der Waals surface area contributed by atoms with Gasteiger partial charge in [0.05, 0.1) is 17.0 Å². The summed E-state index contributed by atoms with van der Waals surface area (Å²) in [5, 5.41) is 16.1. The van der Waals surface area contributed by atoms with Crippen LogP contribution in [0.15, 0.2) is 85.2 Å². The quantitative estimate of drug-likeness (QED) is 0.334. The molecular weight excluding hydrogens is 418 g/mol. The van der Waals surface area contributed by atoms with Gasteiger partial charge in [0.15, 0.2) is 0 Å². The molecule has 1 aliphatic rings. The molecule has 4 aromatic rings. The van der Waals surface area contributed by atoms with Crippen molar-refractivity contribution in [3.05, 3.63) is 118 Å². The van der Waals surface area contributed by atoms with Crippen LogP contribution in [0.3, 0.4) is 0 Å². The molecule has 8 heteroatoms. The molecule has 2 heterocycles. The van der Waals surface area contributed by atoms with Gasteiger partial charge in [-0.25, -0.2) is 4.68 Å². The van der Waals surface area contributed by atoms with E-state index in [1.54, 1.807) is 21.7 Å². The van der Waals surface area contributed by atoms with Gasteiger partial charge >= 0.3 is 0 Å². The number of anilines is 1.